The van der Waals surface area contributed by atoms with E-state index in [4.69, 9.17) is 10.6 Å². The Morgan fingerprint density at radius 3 is 2.47 bits per heavy atom. The zero-order valence-electron chi connectivity index (χ0n) is 10.1. The lowest BCUT2D eigenvalue weighted by molar-refractivity contribution is -0.116. The number of carbonyl (C=O) groups excluding carboxylic acids is 2. The van der Waals surface area contributed by atoms with Gasteiger partial charge in [-0.05, 0) is 23.8 Å². The van der Waals surface area contributed by atoms with E-state index in [1.807, 2.05) is 0 Å². The number of imide groups is 1. The van der Waals surface area contributed by atoms with Gasteiger partial charge in [-0.15, -0.1) is 0 Å². The topological polar surface area (TPSA) is 106 Å². The number of amidine groups is 1. The Labute approximate surface area is 109 Å². The number of amides is 3. The smallest absolute Gasteiger partial charge is 0.327 e. The highest BCUT2D eigenvalue weighted by Crippen LogP contribution is 2.15. The van der Waals surface area contributed by atoms with Gasteiger partial charge in [0.1, 0.15) is 5.75 Å². The van der Waals surface area contributed by atoms with Crippen molar-refractivity contribution < 1.29 is 14.3 Å². The molecule has 0 atom stereocenters. The van der Waals surface area contributed by atoms with Crippen molar-refractivity contribution in [1.29, 1.82) is 0 Å². The van der Waals surface area contributed by atoms with E-state index in [9.17, 15) is 9.59 Å². The molecule has 98 valence electrons. The third kappa shape index (κ3) is 2.71. The van der Waals surface area contributed by atoms with Gasteiger partial charge in [0.15, 0.2) is 5.84 Å². The molecule has 1 aliphatic heterocycles. The minimum atomic E-state index is -0.652. The number of hydrazone groups is 1. The van der Waals surface area contributed by atoms with Crippen molar-refractivity contribution in [3.05, 3.63) is 35.4 Å². The molecule has 0 saturated carbocycles. The predicted octanol–water partition coefficient (Wildman–Crippen LogP) is 0.190. The molecular formula is C12H12N4O3. The van der Waals surface area contributed by atoms with E-state index in [2.05, 4.69) is 15.7 Å². The molecule has 0 radical (unpaired) electrons. The zero-order valence-corrected chi connectivity index (χ0v) is 10.1. The SMILES string of the molecule is COc1ccc(C=C2C(=O)NC(=O)NC2=NN)cc1. The molecule has 0 bridgehead atoms. The second kappa shape index (κ2) is 5.21. The lowest BCUT2D eigenvalue weighted by atomic mass is 10.1. The zero-order chi connectivity index (χ0) is 13.8. The van der Waals surface area contributed by atoms with E-state index in [1.54, 1.807) is 37.5 Å². The van der Waals surface area contributed by atoms with Crippen LogP contribution in [0.1, 0.15) is 5.56 Å². The van der Waals surface area contributed by atoms with Gasteiger partial charge in [0.2, 0.25) is 0 Å². The van der Waals surface area contributed by atoms with Crippen molar-refractivity contribution in [2.24, 2.45) is 10.9 Å². The molecule has 1 aliphatic rings. The van der Waals surface area contributed by atoms with Crippen molar-refractivity contribution in [3.63, 3.8) is 0 Å². The summed E-state index contributed by atoms with van der Waals surface area (Å²) in [5.41, 5.74) is 0.940. The minimum Gasteiger partial charge on any atom is -0.497 e. The number of nitrogens with two attached hydrogens (primary N) is 1. The number of nitrogens with one attached hydrogen (secondary N) is 2. The van der Waals surface area contributed by atoms with Crippen molar-refractivity contribution in [2.45, 2.75) is 0 Å². The summed E-state index contributed by atoms with van der Waals surface area (Å²) in [5.74, 6) is 5.33. The van der Waals surface area contributed by atoms with Crippen LogP contribution in [0.3, 0.4) is 0 Å². The lowest BCUT2D eigenvalue weighted by Gasteiger charge is -2.17. The molecule has 0 aromatic heterocycles. The number of benzene rings is 1. The Bertz CT molecular complexity index is 575. The standard InChI is InChI=1S/C12H12N4O3/c1-19-8-4-2-7(3-5-8)6-9-10(16-13)14-12(18)15-11(9)17/h2-6H,13H2,1H3,(H2,14,15,16,17,18). The van der Waals surface area contributed by atoms with Gasteiger partial charge in [-0.1, -0.05) is 12.1 Å². The molecule has 1 aromatic rings. The van der Waals surface area contributed by atoms with E-state index in [0.29, 0.717) is 5.75 Å². The van der Waals surface area contributed by atoms with Gasteiger partial charge in [-0.2, -0.15) is 5.10 Å². The molecule has 0 spiro atoms. The summed E-state index contributed by atoms with van der Waals surface area (Å²) in [7, 11) is 1.57. The Balaban J connectivity index is 2.34. The van der Waals surface area contributed by atoms with Crippen molar-refractivity contribution in [3.8, 4) is 5.75 Å². The molecule has 19 heavy (non-hydrogen) atoms. The first-order valence-electron chi connectivity index (χ1n) is 5.40. The molecule has 1 aromatic carbocycles. The van der Waals surface area contributed by atoms with Gasteiger partial charge in [-0.3, -0.25) is 15.4 Å². The van der Waals surface area contributed by atoms with Crippen LogP contribution in [0.4, 0.5) is 4.79 Å². The summed E-state index contributed by atoms with van der Waals surface area (Å²) in [5, 5.41) is 7.86. The average molecular weight is 260 g/mol. The molecule has 2 rings (SSSR count). The van der Waals surface area contributed by atoms with Crippen LogP contribution in [-0.4, -0.2) is 24.9 Å². The van der Waals surface area contributed by atoms with Gasteiger partial charge >= 0.3 is 6.03 Å². The molecule has 1 fully saturated rings. The van der Waals surface area contributed by atoms with Crippen molar-refractivity contribution >= 4 is 23.8 Å². The van der Waals surface area contributed by atoms with Gasteiger partial charge in [0.05, 0.1) is 12.7 Å². The quantitative estimate of drug-likeness (QED) is 0.401. The fourth-order valence-corrected chi connectivity index (χ4v) is 1.59. The first-order chi connectivity index (χ1) is 9.13. The lowest BCUT2D eigenvalue weighted by Crippen LogP contribution is -2.51. The number of rotatable bonds is 2. The van der Waals surface area contributed by atoms with E-state index in [1.165, 1.54) is 0 Å². The number of carbonyl (C=O) groups is 2. The largest absolute Gasteiger partial charge is 0.497 e. The van der Waals surface area contributed by atoms with Crippen LogP contribution >= 0.6 is 0 Å². The summed E-state index contributed by atoms with van der Waals surface area (Å²) >= 11 is 0. The first-order valence-corrected chi connectivity index (χ1v) is 5.40. The van der Waals surface area contributed by atoms with Gasteiger partial charge in [0, 0.05) is 0 Å². The second-order valence-electron chi connectivity index (χ2n) is 3.72. The maximum atomic E-state index is 11.7. The summed E-state index contributed by atoms with van der Waals surface area (Å²) in [6, 6.07) is 6.39. The molecule has 7 nitrogen and oxygen atoms in total. The number of methoxy groups -OCH3 is 1. The van der Waals surface area contributed by atoms with Gasteiger partial charge in [-0.25, -0.2) is 4.79 Å². The molecule has 1 heterocycles. The highest BCUT2D eigenvalue weighted by atomic mass is 16.5. The average Bonchev–Trinajstić information content (AvgIpc) is 2.42. The third-order valence-electron chi connectivity index (χ3n) is 2.51. The van der Waals surface area contributed by atoms with Crippen LogP contribution in [0.5, 0.6) is 5.75 Å². The third-order valence-corrected chi connectivity index (χ3v) is 2.51. The van der Waals surface area contributed by atoms with Crippen LogP contribution < -0.4 is 21.2 Å². The van der Waals surface area contributed by atoms with Crippen LogP contribution in [0, 0.1) is 0 Å². The highest BCUT2D eigenvalue weighted by molar-refractivity contribution is 6.32. The van der Waals surface area contributed by atoms with Crippen LogP contribution in [0.2, 0.25) is 0 Å². The molecule has 7 heteroatoms. The Hall–Kier alpha value is -2.83. The molecular weight excluding hydrogens is 248 g/mol. The van der Waals surface area contributed by atoms with Crippen LogP contribution in [0.15, 0.2) is 34.9 Å². The molecule has 0 aliphatic carbocycles. The first kappa shape index (κ1) is 12.6. The van der Waals surface area contributed by atoms with E-state index < -0.39 is 11.9 Å². The molecule has 4 N–H and O–H groups in total. The fourth-order valence-electron chi connectivity index (χ4n) is 1.59. The maximum Gasteiger partial charge on any atom is 0.327 e. The Morgan fingerprint density at radius 1 is 1.21 bits per heavy atom. The monoisotopic (exact) mass is 260 g/mol. The van der Waals surface area contributed by atoms with Gasteiger partial charge < -0.3 is 10.6 Å². The van der Waals surface area contributed by atoms with E-state index in [-0.39, 0.29) is 11.4 Å². The summed E-state index contributed by atoms with van der Waals surface area (Å²) in [6.07, 6.45) is 1.57. The van der Waals surface area contributed by atoms with E-state index in [0.717, 1.165) is 5.56 Å². The number of nitrogens with zero attached hydrogens (tertiary/aromatic N) is 1. The second-order valence-corrected chi connectivity index (χ2v) is 3.72. The van der Waals surface area contributed by atoms with Crippen molar-refractivity contribution in [2.75, 3.05) is 7.11 Å². The number of urea groups is 1. The summed E-state index contributed by atoms with van der Waals surface area (Å²) < 4.78 is 5.04. The van der Waals surface area contributed by atoms with Crippen LogP contribution in [0.25, 0.3) is 6.08 Å². The molecule has 3 amide bonds. The van der Waals surface area contributed by atoms with Gasteiger partial charge in [0.25, 0.3) is 5.91 Å². The van der Waals surface area contributed by atoms with Crippen LogP contribution in [-0.2, 0) is 4.79 Å². The van der Waals surface area contributed by atoms with Crippen molar-refractivity contribution in [1.82, 2.24) is 10.6 Å². The molecule has 0 unspecified atom stereocenters. The fraction of sp³-hybridized carbons (Fsp3) is 0.0833. The predicted molar refractivity (Wildman–Crippen MR) is 69.3 cm³/mol. The number of hydrogen-bond acceptors (Lipinski definition) is 5. The summed E-state index contributed by atoms with van der Waals surface area (Å²) in [6.45, 7) is 0. The number of hydrogen-bond donors (Lipinski definition) is 3. The molecule has 1 saturated heterocycles. The number of ether oxygens (including phenoxy) is 1. The van der Waals surface area contributed by atoms with E-state index >= 15 is 0 Å². The Morgan fingerprint density at radius 2 is 1.89 bits per heavy atom. The normalized spacial score (nSPS) is 19.2. The highest BCUT2D eigenvalue weighted by Gasteiger charge is 2.25. The maximum absolute atomic E-state index is 11.7. The Kier molecular flexibility index (Phi) is 3.46. The minimum absolute atomic E-state index is 0.0320. The summed E-state index contributed by atoms with van der Waals surface area (Å²) in [4.78, 5) is 22.8.